The molecule has 30 heavy (non-hydrogen) atoms. The van der Waals surface area contributed by atoms with Crippen LogP contribution in [-0.2, 0) is 16.1 Å². The second-order valence-corrected chi connectivity index (χ2v) is 7.65. The van der Waals surface area contributed by atoms with E-state index in [1.807, 2.05) is 44.2 Å². The summed E-state index contributed by atoms with van der Waals surface area (Å²) in [5.74, 6) is -0.626. The Labute approximate surface area is 177 Å². The lowest BCUT2D eigenvalue weighted by Crippen LogP contribution is -2.45. The van der Waals surface area contributed by atoms with Crippen molar-refractivity contribution < 1.29 is 14.3 Å². The Kier molecular flexibility index (Phi) is 6.91. The van der Waals surface area contributed by atoms with E-state index in [2.05, 4.69) is 25.6 Å². The molecule has 0 aliphatic rings. The molecule has 0 aliphatic heterocycles. The molecule has 4 N–H and O–H groups in total. The minimum absolute atomic E-state index is 0.000822. The summed E-state index contributed by atoms with van der Waals surface area (Å²) < 4.78 is 5.34. The lowest BCUT2D eigenvalue weighted by atomic mass is 10.0. The number of carbonyl (C=O) groups excluding carboxylic acids is 2. The quantitative estimate of drug-likeness (QED) is 0.469. The Hall–Kier alpha value is -3.53. The van der Waals surface area contributed by atoms with E-state index in [4.69, 9.17) is 10.5 Å². The Morgan fingerprint density at radius 2 is 1.87 bits per heavy atom. The number of rotatable bonds is 8. The molecule has 3 rings (SSSR count). The molecule has 2 aromatic heterocycles. The summed E-state index contributed by atoms with van der Waals surface area (Å²) in [7, 11) is 0. The number of nitrogens with one attached hydrogen (secondary N) is 2. The predicted molar refractivity (Wildman–Crippen MR) is 114 cm³/mol. The lowest BCUT2D eigenvalue weighted by molar-refractivity contribution is -0.148. The van der Waals surface area contributed by atoms with E-state index in [0.29, 0.717) is 4.88 Å². The van der Waals surface area contributed by atoms with Gasteiger partial charge in [0.25, 0.3) is 5.91 Å². The molecule has 0 spiro atoms. The molecule has 1 amide bonds. The van der Waals surface area contributed by atoms with Crippen LogP contribution in [0.25, 0.3) is 0 Å². The van der Waals surface area contributed by atoms with Crippen LogP contribution >= 0.6 is 11.3 Å². The first-order valence-corrected chi connectivity index (χ1v) is 10.1. The van der Waals surface area contributed by atoms with Crippen LogP contribution in [0.5, 0.6) is 0 Å². The van der Waals surface area contributed by atoms with Gasteiger partial charge in [-0.3, -0.25) is 4.79 Å². The molecule has 0 unspecified atom stereocenters. The molecule has 156 valence electrons. The number of thiophene rings is 1. The van der Waals surface area contributed by atoms with Gasteiger partial charge in [0.05, 0.1) is 4.88 Å². The molecule has 3 aromatic rings. The van der Waals surface area contributed by atoms with Crippen molar-refractivity contribution in [2.24, 2.45) is 5.92 Å². The first-order chi connectivity index (χ1) is 14.4. The Bertz CT molecular complexity index is 995. The maximum absolute atomic E-state index is 12.6. The zero-order chi connectivity index (χ0) is 21.5. The fourth-order valence-electron chi connectivity index (χ4n) is 2.55. The van der Waals surface area contributed by atoms with Crippen molar-refractivity contribution >= 4 is 40.8 Å². The summed E-state index contributed by atoms with van der Waals surface area (Å²) in [4.78, 5) is 37.7. The average Bonchev–Trinajstić information content (AvgIpc) is 3.25. The second kappa shape index (κ2) is 9.79. The highest BCUT2D eigenvalue weighted by atomic mass is 32.1. The van der Waals surface area contributed by atoms with Gasteiger partial charge in [-0.15, -0.1) is 11.3 Å². The van der Waals surface area contributed by atoms with Crippen LogP contribution in [0.2, 0.25) is 0 Å². The van der Waals surface area contributed by atoms with Gasteiger partial charge in [0.2, 0.25) is 11.9 Å². The van der Waals surface area contributed by atoms with Crippen molar-refractivity contribution in [3.05, 3.63) is 58.5 Å². The molecule has 10 heteroatoms. The van der Waals surface area contributed by atoms with Gasteiger partial charge in [0.15, 0.2) is 12.4 Å². The highest BCUT2D eigenvalue weighted by Crippen LogP contribution is 2.14. The molecule has 1 atom stereocenters. The third kappa shape index (κ3) is 5.74. The zero-order valence-corrected chi connectivity index (χ0v) is 17.3. The summed E-state index contributed by atoms with van der Waals surface area (Å²) >= 11 is 1.30. The van der Waals surface area contributed by atoms with Gasteiger partial charge in [0, 0.05) is 5.69 Å². The van der Waals surface area contributed by atoms with Crippen LogP contribution in [0.4, 0.5) is 17.6 Å². The van der Waals surface area contributed by atoms with E-state index in [0.717, 1.165) is 5.69 Å². The number of esters is 1. The number of nitrogens with zero attached hydrogens (tertiary/aromatic N) is 3. The van der Waals surface area contributed by atoms with E-state index in [9.17, 15) is 9.59 Å². The maximum Gasteiger partial charge on any atom is 0.329 e. The van der Waals surface area contributed by atoms with Crippen molar-refractivity contribution in [3.63, 3.8) is 0 Å². The molecule has 0 aliphatic carbocycles. The van der Waals surface area contributed by atoms with Crippen molar-refractivity contribution in [1.82, 2.24) is 20.3 Å². The van der Waals surface area contributed by atoms with Crippen LogP contribution in [0, 0.1) is 5.92 Å². The summed E-state index contributed by atoms with van der Waals surface area (Å²) in [6.45, 7) is 3.44. The van der Waals surface area contributed by atoms with Gasteiger partial charge >= 0.3 is 5.97 Å². The summed E-state index contributed by atoms with van der Waals surface area (Å²) in [6.07, 6.45) is 0. The smallest absolute Gasteiger partial charge is 0.329 e. The normalized spacial score (nSPS) is 11.7. The van der Waals surface area contributed by atoms with E-state index >= 15 is 0 Å². The van der Waals surface area contributed by atoms with Crippen molar-refractivity contribution in [2.45, 2.75) is 26.5 Å². The highest BCUT2D eigenvalue weighted by Gasteiger charge is 2.26. The molecule has 0 saturated carbocycles. The van der Waals surface area contributed by atoms with Crippen LogP contribution in [-0.4, -0.2) is 32.9 Å². The number of nitrogen functional groups attached to an aromatic ring is 1. The molecular weight excluding hydrogens is 404 g/mol. The number of ether oxygens (including phenoxy) is 1. The fraction of sp³-hybridized carbons (Fsp3) is 0.250. The number of para-hydroxylation sites is 1. The third-order valence-electron chi connectivity index (χ3n) is 4.02. The standard InChI is InChI=1S/C20H22N6O3S/c1-12(2)16(25-17(27)14-9-6-10-30-14)18(28)29-11-15-23-19(21)26-20(24-15)22-13-7-4-3-5-8-13/h3-10,12,16H,11H2,1-2H3,(H,25,27)(H3,21,22,23,24,26)/t16-/m0/s1. The van der Waals surface area contributed by atoms with Crippen molar-refractivity contribution in [2.75, 3.05) is 11.1 Å². The van der Waals surface area contributed by atoms with E-state index < -0.39 is 12.0 Å². The first-order valence-electron chi connectivity index (χ1n) is 9.26. The van der Waals surface area contributed by atoms with Gasteiger partial charge in [-0.25, -0.2) is 4.79 Å². The number of benzene rings is 1. The van der Waals surface area contributed by atoms with Crippen LogP contribution in [0.3, 0.4) is 0 Å². The molecule has 0 radical (unpaired) electrons. The van der Waals surface area contributed by atoms with Crippen LogP contribution < -0.4 is 16.4 Å². The number of amides is 1. The van der Waals surface area contributed by atoms with E-state index in [1.54, 1.807) is 17.5 Å². The number of hydrogen-bond donors (Lipinski definition) is 3. The molecule has 0 bridgehead atoms. The second-order valence-electron chi connectivity index (χ2n) is 6.70. The zero-order valence-electron chi connectivity index (χ0n) is 16.5. The fourth-order valence-corrected chi connectivity index (χ4v) is 3.18. The average molecular weight is 427 g/mol. The molecule has 9 nitrogen and oxygen atoms in total. The lowest BCUT2D eigenvalue weighted by Gasteiger charge is -2.20. The number of aromatic nitrogens is 3. The first kappa shape index (κ1) is 21.2. The number of carbonyl (C=O) groups is 2. The minimum atomic E-state index is -0.805. The summed E-state index contributed by atoms with van der Waals surface area (Å²) in [5, 5.41) is 7.53. The Morgan fingerprint density at radius 3 is 2.53 bits per heavy atom. The van der Waals surface area contributed by atoms with Gasteiger partial charge in [0.1, 0.15) is 6.04 Å². The maximum atomic E-state index is 12.6. The van der Waals surface area contributed by atoms with Crippen LogP contribution in [0.15, 0.2) is 47.8 Å². The Morgan fingerprint density at radius 1 is 1.10 bits per heavy atom. The van der Waals surface area contributed by atoms with Crippen molar-refractivity contribution in [1.29, 1.82) is 0 Å². The predicted octanol–water partition coefficient (Wildman–Crippen LogP) is 2.76. The summed E-state index contributed by atoms with van der Waals surface area (Å²) in [6, 6.07) is 12.0. The third-order valence-corrected chi connectivity index (χ3v) is 4.89. The molecular formula is C20H22N6O3S. The van der Waals surface area contributed by atoms with Gasteiger partial charge < -0.3 is 21.1 Å². The SMILES string of the molecule is CC(C)[C@H](NC(=O)c1cccs1)C(=O)OCc1nc(N)nc(Nc2ccccc2)n1. The molecule has 2 heterocycles. The van der Waals surface area contributed by atoms with Crippen LogP contribution in [0.1, 0.15) is 29.3 Å². The van der Waals surface area contributed by atoms with Gasteiger partial charge in [-0.05, 0) is 29.5 Å². The van der Waals surface area contributed by atoms with Gasteiger partial charge in [-0.1, -0.05) is 38.1 Å². The molecule has 0 saturated heterocycles. The largest absolute Gasteiger partial charge is 0.456 e. The summed E-state index contributed by atoms with van der Waals surface area (Å²) in [5.41, 5.74) is 6.53. The minimum Gasteiger partial charge on any atom is -0.456 e. The van der Waals surface area contributed by atoms with Gasteiger partial charge in [-0.2, -0.15) is 15.0 Å². The molecule has 0 fully saturated rings. The topological polar surface area (TPSA) is 132 Å². The van der Waals surface area contributed by atoms with Crippen molar-refractivity contribution in [3.8, 4) is 0 Å². The highest BCUT2D eigenvalue weighted by molar-refractivity contribution is 7.12. The van der Waals surface area contributed by atoms with E-state index in [-0.39, 0.29) is 36.2 Å². The monoisotopic (exact) mass is 426 g/mol. The van der Waals surface area contributed by atoms with E-state index in [1.165, 1.54) is 11.3 Å². The Balaban J connectivity index is 1.64. The number of nitrogens with two attached hydrogens (primary N) is 1. The number of hydrogen-bond acceptors (Lipinski definition) is 9. The molecule has 1 aromatic carbocycles. The number of anilines is 3.